The Morgan fingerprint density at radius 3 is 3.00 bits per heavy atom. The van der Waals surface area contributed by atoms with Crippen LogP contribution in [0, 0.1) is 0 Å². The van der Waals surface area contributed by atoms with Gasteiger partial charge in [0.2, 0.25) is 0 Å². The molecular weight excluding hydrogens is 226 g/mol. The summed E-state index contributed by atoms with van der Waals surface area (Å²) in [6.07, 6.45) is 2.03. The van der Waals surface area contributed by atoms with Crippen LogP contribution in [0.15, 0.2) is 0 Å². The van der Waals surface area contributed by atoms with E-state index in [1.54, 1.807) is 0 Å². The van der Waals surface area contributed by atoms with Gasteiger partial charge in [-0.1, -0.05) is 0 Å². The minimum absolute atomic E-state index is 0.438. The number of nitrogens with zero attached hydrogens (tertiary/aromatic N) is 1. The third-order valence-electron chi connectivity index (χ3n) is 2.52. The first kappa shape index (κ1) is 11.5. The Morgan fingerprint density at radius 2 is 2.31 bits per heavy atom. The lowest BCUT2D eigenvalue weighted by molar-refractivity contribution is 0.0904. The highest BCUT2D eigenvalue weighted by Crippen LogP contribution is 2.36. The predicted octanol–water partition coefficient (Wildman–Crippen LogP) is 1.71. The molecule has 0 aliphatic carbocycles. The van der Waals surface area contributed by atoms with Crippen molar-refractivity contribution < 1.29 is 9.47 Å². The molecule has 1 aromatic rings. The van der Waals surface area contributed by atoms with Crippen LogP contribution in [0.25, 0.3) is 0 Å². The van der Waals surface area contributed by atoms with E-state index in [2.05, 4.69) is 9.69 Å². The van der Waals surface area contributed by atoms with Crippen LogP contribution in [-0.4, -0.2) is 30.2 Å². The number of ether oxygens (including phenoxy) is 2. The largest absolute Gasteiger partial charge is 0.487 e. The number of aromatic nitrogens is 1. The number of rotatable bonds is 4. The number of anilines is 2. The van der Waals surface area contributed by atoms with E-state index in [-0.39, 0.29) is 0 Å². The normalized spacial score (nSPS) is 17.3. The molecule has 5 nitrogen and oxygen atoms in total. The second kappa shape index (κ2) is 5.36. The maximum absolute atomic E-state index is 5.74. The van der Waals surface area contributed by atoms with Crippen LogP contribution in [0.1, 0.15) is 19.8 Å². The summed E-state index contributed by atoms with van der Waals surface area (Å²) in [7, 11) is 0. The topological polar surface area (TPSA) is 69.4 Å². The molecule has 1 aliphatic heterocycles. The molecule has 1 aliphatic rings. The molecule has 0 atom stereocenters. The average molecular weight is 243 g/mol. The summed E-state index contributed by atoms with van der Waals surface area (Å²) >= 11 is 1.36. The Morgan fingerprint density at radius 1 is 1.56 bits per heavy atom. The van der Waals surface area contributed by atoms with Crippen LogP contribution >= 0.6 is 11.5 Å². The minimum atomic E-state index is 0.438. The third-order valence-corrected chi connectivity index (χ3v) is 3.29. The molecule has 1 fully saturated rings. The molecule has 2 heterocycles. The van der Waals surface area contributed by atoms with Gasteiger partial charge in [-0.3, -0.25) is 0 Å². The van der Waals surface area contributed by atoms with Crippen molar-refractivity contribution in [3.8, 4) is 5.75 Å². The van der Waals surface area contributed by atoms with Gasteiger partial charge in [-0.25, -0.2) is 0 Å². The van der Waals surface area contributed by atoms with Gasteiger partial charge >= 0.3 is 0 Å². The van der Waals surface area contributed by atoms with Crippen LogP contribution in [0.4, 0.5) is 10.8 Å². The lowest BCUT2D eigenvalue weighted by Crippen LogP contribution is -2.27. The predicted molar refractivity (Wildman–Crippen MR) is 65.2 cm³/mol. The summed E-state index contributed by atoms with van der Waals surface area (Å²) < 4.78 is 14.9. The van der Waals surface area contributed by atoms with Crippen molar-refractivity contribution >= 4 is 22.4 Å². The average Bonchev–Trinajstić information content (AvgIpc) is 2.64. The first-order chi connectivity index (χ1) is 7.81. The number of nitrogen functional groups attached to an aromatic ring is 1. The van der Waals surface area contributed by atoms with E-state index in [1.165, 1.54) is 11.5 Å². The highest BCUT2D eigenvalue weighted by Gasteiger charge is 2.18. The monoisotopic (exact) mass is 243 g/mol. The minimum Gasteiger partial charge on any atom is -0.487 e. The highest BCUT2D eigenvalue weighted by atomic mass is 32.1. The van der Waals surface area contributed by atoms with Crippen molar-refractivity contribution in [3.05, 3.63) is 0 Å². The number of nitrogens with two attached hydrogens (primary N) is 1. The maximum Gasteiger partial charge on any atom is 0.197 e. The maximum atomic E-state index is 5.74. The molecule has 16 heavy (non-hydrogen) atoms. The highest BCUT2D eigenvalue weighted by molar-refractivity contribution is 7.11. The molecule has 1 aromatic heterocycles. The van der Waals surface area contributed by atoms with Crippen molar-refractivity contribution in [2.45, 2.75) is 25.8 Å². The van der Waals surface area contributed by atoms with E-state index >= 15 is 0 Å². The SMILES string of the molecule is CCOc1c(N)nsc1NC1CCOCC1. The van der Waals surface area contributed by atoms with Gasteiger partial charge in [-0.15, -0.1) is 0 Å². The Hall–Kier alpha value is -1.01. The van der Waals surface area contributed by atoms with Crippen molar-refractivity contribution in [2.75, 3.05) is 30.9 Å². The fourth-order valence-corrected chi connectivity index (χ4v) is 2.44. The molecule has 3 N–H and O–H groups in total. The van der Waals surface area contributed by atoms with Crippen molar-refractivity contribution in [3.63, 3.8) is 0 Å². The van der Waals surface area contributed by atoms with Gasteiger partial charge in [0.15, 0.2) is 16.6 Å². The zero-order valence-electron chi connectivity index (χ0n) is 9.36. The fourth-order valence-electron chi connectivity index (χ4n) is 1.70. The van der Waals surface area contributed by atoms with Crippen LogP contribution < -0.4 is 15.8 Å². The van der Waals surface area contributed by atoms with E-state index in [9.17, 15) is 0 Å². The van der Waals surface area contributed by atoms with Crippen LogP contribution in [-0.2, 0) is 4.74 Å². The van der Waals surface area contributed by atoms with E-state index < -0.39 is 0 Å². The Bertz CT molecular complexity index is 337. The summed E-state index contributed by atoms with van der Waals surface area (Å²) in [6, 6.07) is 0.438. The van der Waals surface area contributed by atoms with Crippen LogP contribution in [0.3, 0.4) is 0 Å². The molecule has 0 saturated carbocycles. The van der Waals surface area contributed by atoms with Gasteiger partial charge in [0, 0.05) is 19.3 Å². The summed E-state index contributed by atoms with van der Waals surface area (Å²) in [4.78, 5) is 0. The fraction of sp³-hybridized carbons (Fsp3) is 0.700. The number of hydrogen-bond acceptors (Lipinski definition) is 6. The van der Waals surface area contributed by atoms with E-state index in [4.69, 9.17) is 15.2 Å². The van der Waals surface area contributed by atoms with E-state index in [1.807, 2.05) is 6.92 Å². The van der Waals surface area contributed by atoms with Gasteiger partial charge in [-0.05, 0) is 31.3 Å². The van der Waals surface area contributed by atoms with Crippen LogP contribution in [0.2, 0.25) is 0 Å². The first-order valence-corrected chi connectivity index (χ1v) is 6.30. The van der Waals surface area contributed by atoms with Gasteiger partial charge in [-0.2, -0.15) is 4.37 Å². The van der Waals surface area contributed by atoms with Gasteiger partial charge in [0.05, 0.1) is 6.61 Å². The first-order valence-electron chi connectivity index (χ1n) is 5.53. The van der Waals surface area contributed by atoms with Crippen molar-refractivity contribution in [1.29, 1.82) is 0 Å². The van der Waals surface area contributed by atoms with E-state index in [0.717, 1.165) is 31.1 Å². The smallest absolute Gasteiger partial charge is 0.197 e. The van der Waals surface area contributed by atoms with Crippen molar-refractivity contribution in [2.24, 2.45) is 0 Å². The Labute approximate surface area is 99.1 Å². The summed E-state index contributed by atoms with van der Waals surface area (Å²) in [5, 5.41) is 4.36. The number of hydrogen-bond donors (Lipinski definition) is 2. The van der Waals surface area contributed by atoms with Gasteiger partial charge < -0.3 is 20.5 Å². The Kier molecular flexibility index (Phi) is 3.84. The molecule has 0 spiro atoms. The lowest BCUT2D eigenvalue weighted by Gasteiger charge is -2.23. The summed E-state index contributed by atoms with van der Waals surface area (Å²) in [5.41, 5.74) is 5.74. The summed E-state index contributed by atoms with van der Waals surface area (Å²) in [5.74, 6) is 1.17. The molecule has 2 rings (SSSR count). The zero-order valence-corrected chi connectivity index (χ0v) is 10.2. The molecule has 0 aromatic carbocycles. The zero-order chi connectivity index (χ0) is 11.4. The Balaban J connectivity index is 2.02. The van der Waals surface area contributed by atoms with Crippen LogP contribution in [0.5, 0.6) is 5.75 Å². The standard InChI is InChI=1S/C10H17N3O2S/c1-2-15-8-9(11)13-16-10(8)12-7-3-5-14-6-4-7/h7,12H,2-6H2,1H3,(H2,11,13). The summed E-state index contributed by atoms with van der Waals surface area (Å²) in [6.45, 7) is 4.17. The molecule has 0 amide bonds. The molecule has 0 radical (unpaired) electrons. The molecule has 90 valence electrons. The van der Waals surface area contributed by atoms with E-state index in [0.29, 0.717) is 24.2 Å². The second-order valence-electron chi connectivity index (χ2n) is 3.69. The lowest BCUT2D eigenvalue weighted by atomic mass is 10.1. The third kappa shape index (κ3) is 2.56. The van der Waals surface area contributed by atoms with Gasteiger partial charge in [0.1, 0.15) is 0 Å². The molecule has 0 bridgehead atoms. The molecular formula is C10H17N3O2S. The van der Waals surface area contributed by atoms with Crippen molar-refractivity contribution in [1.82, 2.24) is 4.37 Å². The second-order valence-corrected chi connectivity index (χ2v) is 4.46. The molecule has 0 unspecified atom stereocenters. The number of nitrogens with one attached hydrogen (secondary N) is 1. The van der Waals surface area contributed by atoms with Gasteiger partial charge in [0.25, 0.3) is 0 Å². The molecule has 6 heteroatoms. The molecule has 1 saturated heterocycles. The quantitative estimate of drug-likeness (QED) is 0.842.